The zero-order valence-electron chi connectivity index (χ0n) is 16.4. The van der Waals surface area contributed by atoms with E-state index >= 15 is 0 Å². The lowest BCUT2D eigenvalue weighted by molar-refractivity contribution is 0.0620. The molecule has 3 aromatic rings. The van der Waals surface area contributed by atoms with E-state index in [2.05, 4.69) is 10.3 Å². The van der Waals surface area contributed by atoms with Crippen LogP contribution in [0, 0.1) is 5.92 Å². The zero-order chi connectivity index (χ0) is 20.8. The molecule has 1 atom stereocenters. The molecule has 30 heavy (non-hydrogen) atoms. The Hall–Kier alpha value is -2.83. The first-order chi connectivity index (χ1) is 14.5. The van der Waals surface area contributed by atoms with Crippen molar-refractivity contribution in [3.63, 3.8) is 0 Å². The lowest BCUT2D eigenvalue weighted by atomic mass is 9.98. The average molecular weight is 424 g/mol. The van der Waals surface area contributed by atoms with Crippen molar-refractivity contribution in [1.82, 2.24) is 15.2 Å². The third-order valence-electron chi connectivity index (χ3n) is 6.13. The van der Waals surface area contributed by atoms with Crippen LogP contribution in [0.3, 0.4) is 0 Å². The largest absolute Gasteiger partial charge is 0.396 e. The van der Waals surface area contributed by atoms with Gasteiger partial charge in [0, 0.05) is 64.6 Å². The molecule has 1 aromatic heterocycles. The quantitative estimate of drug-likeness (QED) is 0.602. The molecule has 0 spiro atoms. The van der Waals surface area contributed by atoms with Gasteiger partial charge in [-0.1, -0.05) is 17.7 Å². The fourth-order valence-corrected chi connectivity index (χ4v) is 4.75. The van der Waals surface area contributed by atoms with Gasteiger partial charge in [0.15, 0.2) is 0 Å². The van der Waals surface area contributed by atoms with Crippen LogP contribution in [0.4, 0.5) is 0 Å². The Labute approximate surface area is 178 Å². The summed E-state index contributed by atoms with van der Waals surface area (Å²) in [5.74, 6) is 0.0218. The normalized spacial score (nSPS) is 18.5. The molecule has 3 N–H and O–H groups in total. The standard InChI is InChI=1S/C23H22ClN3O3/c24-18-5-4-16(21-17(18)10-25-22(21)29)20-9-15-8-14(3-6-19(15)26-20)23(30)27-7-1-2-13(11-27)12-28/h3-6,8-9,13,26,28H,1-2,7,10-12H2,(H,25,29). The number of rotatable bonds is 3. The molecule has 1 unspecified atom stereocenters. The molecule has 0 saturated carbocycles. The number of aromatic nitrogens is 1. The molecule has 154 valence electrons. The summed E-state index contributed by atoms with van der Waals surface area (Å²) in [5.41, 5.74) is 4.57. The number of likely N-dealkylation sites (tertiary alicyclic amines) is 1. The molecule has 0 aliphatic carbocycles. The predicted octanol–water partition coefficient (Wildman–Crippen LogP) is 3.58. The number of aliphatic hydroxyl groups excluding tert-OH is 1. The van der Waals surface area contributed by atoms with Crippen LogP contribution in [-0.2, 0) is 6.54 Å². The molecular weight excluding hydrogens is 402 g/mol. The molecule has 2 aromatic carbocycles. The summed E-state index contributed by atoms with van der Waals surface area (Å²) in [6.07, 6.45) is 1.87. The number of benzene rings is 2. The fraction of sp³-hybridized carbons (Fsp3) is 0.304. The van der Waals surface area contributed by atoms with Crippen molar-refractivity contribution >= 4 is 34.3 Å². The highest BCUT2D eigenvalue weighted by molar-refractivity contribution is 6.32. The van der Waals surface area contributed by atoms with Gasteiger partial charge in [0.05, 0.1) is 5.56 Å². The first-order valence-electron chi connectivity index (χ1n) is 10.2. The number of halogens is 1. The van der Waals surface area contributed by atoms with Gasteiger partial charge in [-0.05, 0) is 49.1 Å². The molecule has 6 nitrogen and oxygen atoms in total. The van der Waals surface area contributed by atoms with E-state index in [0.717, 1.165) is 47.1 Å². The van der Waals surface area contributed by atoms with E-state index in [1.54, 1.807) is 0 Å². The van der Waals surface area contributed by atoms with E-state index in [1.165, 1.54) is 0 Å². The molecule has 3 heterocycles. The van der Waals surface area contributed by atoms with Gasteiger partial charge in [-0.3, -0.25) is 9.59 Å². The van der Waals surface area contributed by atoms with Gasteiger partial charge in [0.1, 0.15) is 0 Å². The second kappa shape index (κ2) is 7.45. The van der Waals surface area contributed by atoms with Crippen LogP contribution in [0.2, 0.25) is 5.02 Å². The van der Waals surface area contributed by atoms with Crippen molar-refractivity contribution in [2.75, 3.05) is 19.7 Å². The van der Waals surface area contributed by atoms with E-state index in [1.807, 2.05) is 41.3 Å². The highest BCUT2D eigenvalue weighted by Gasteiger charge is 2.27. The number of fused-ring (bicyclic) bond motifs is 2. The minimum absolute atomic E-state index is 0.00966. The number of hydrogen-bond donors (Lipinski definition) is 3. The second-order valence-electron chi connectivity index (χ2n) is 8.06. The van der Waals surface area contributed by atoms with Crippen LogP contribution >= 0.6 is 11.6 Å². The van der Waals surface area contributed by atoms with Gasteiger partial charge >= 0.3 is 0 Å². The van der Waals surface area contributed by atoms with E-state index < -0.39 is 0 Å². The Morgan fingerprint density at radius 3 is 2.93 bits per heavy atom. The van der Waals surface area contributed by atoms with Crippen LogP contribution in [0.25, 0.3) is 22.2 Å². The molecular formula is C23H22ClN3O3. The molecule has 0 bridgehead atoms. The van der Waals surface area contributed by atoms with E-state index in [9.17, 15) is 14.7 Å². The monoisotopic (exact) mass is 423 g/mol. The zero-order valence-corrected chi connectivity index (χ0v) is 17.1. The van der Waals surface area contributed by atoms with Gasteiger partial charge in [-0.2, -0.15) is 0 Å². The Morgan fingerprint density at radius 1 is 1.23 bits per heavy atom. The van der Waals surface area contributed by atoms with Crippen molar-refractivity contribution in [3.05, 3.63) is 58.1 Å². The highest BCUT2D eigenvalue weighted by Crippen LogP contribution is 2.35. The van der Waals surface area contributed by atoms with Gasteiger partial charge < -0.3 is 20.3 Å². The van der Waals surface area contributed by atoms with Gasteiger partial charge in [0.2, 0.25) is 0 Å². The summed E-state index contributed by atoms with van der Waals surface area (Å²) in [6, 6.07) is 11.2. The minimum atomic E-state index is -0.124. The molecule has 2 aliphatic rings. The number of amides is 2. The third-order valence-corrected chi connectivity index (χ3v) is 6.48. The lowest BCUT2D eigenvalue weighted by Crippen LogP contribution is -2.40. The highest BCUT2D eigenvalue weighted by atomic mass is 35.5. The maximum absolute atomic E-state index is 13.0. The summed E-state index contributed by atoms with van der Waals surface area (Å²) in [5, 5.41) is 13.8. The minimum Gasteiger partial charge on any atom is -0.396 e. The molecule has 1 saturated heterocycles. The number of carbonyl (C=O) groups excluding carboxylic acids is 2. The molecule has 2 aliphatic heterocycles. The van der Waals surface area contributed by atoms with Crippen LogP contribution < -0.4 is 5.32 Å². The smallest absolute Gasteiger partial charge is 0.253 e. The Morgan fingerprint density at radius 2 is 2.10 bits per heavy atom. The number of hydrogen-bond acceptors (Lipinski definition) is 3. The topological polar surface area (TPSA) is 85.4 Å². The molecule has 0 radical (unpaired) electrons. The predicted molar refractivity (Wildman–Crippen MR) is 116 cm³/mol. The number of aliphatic hydroxyl groups is 1. The molecule has 1 fully saturated rings. The Balaban J connectivity index is 1.49. The average Bonchev–Trinajstić information content (AvgIpc) is 3.37. The summed E-state index contributed by atoms with van der Waals surface area (Å²) < 4.78 is 0. The summed E-state index contributed by atoms with van der Waals surface area (Å²) >= 11 is 6.26. The van der Waals surface area contributed by atoms with Gasteiger partial charge in [0.25, 0.3) is 11.8 Å². The maximum Gasteiger partial charge on any atom is 0.253 e. The summed E-state index contributed by atoms with van der Waals surface area (Å²) in [7, 11) is 0. The van der Waals surface area contributed by atoms with Crippen molar-refractivity contribution in [2.24, 2.45) is 5.92 Å². The van der Waals surface area contributed by atoms with Crippen molar-refractivity contribution < 1.29 is 14.7 Å². The number of H-pyrrole nitrogens is 1. The fourth-order valence-electron chi connectivity index (χ4n) is 4.53. The van der Waals surface area contributed by atoms with Crippen LogP contribution in [0.1, 0.15) is 39.1 Å². The molecule has 5 rings (SSSR count). The SMILES string of the molecule is O=C1NCc2c(Cl)ccc(-c3cc4cc(C(=O)N5CCCC(CO)C5)ccc4[nH]3)c21. The van der Waals surface area contributed by atoms with E-state index in [4.69, 9.17) is 11.6 Å². The first-order valence-corrected chi connectivity index (χ1v) is 10.6. The van der Waals surface area contributed by atoms with E-state index in [-0.39, 0.29) is 24.3 Å². The number of piperidine rings is 1. The second-order valence-corrected chi connectivity index (χ2v) is 8.47. The lowest BCUT2D eigenvalue weighted by Gasteiger charge is -2.31. The number of carbonyl (C=O) groups is 2. The Bertz CT molecular complexity index is 1170. The Kier molecular flexibility index (Phi) is 4.76. The number of aromatic amines is 1. The van der Waals surface area contributed by atoms with Crippen molar-refractivity contribution in [2.45, 2.75) is 19.4 Å². The summed E-state index contributed by atoms with van der Waals surface area (Å²) in [4.78, 5) is 30.5. The molecule has 7 heteroatoms. The van der Waals surface area contributed by atoms with Crippen LogP contribution in [0.15, 0.2) is 36.4 Å². The van der Waals surface area contributed by atoms with Gasteiger partial charge in [-0.25, -0.2) is 0 Å². The van der Waals surface area contributed by atoms with E-state index in [0.29, 0.717) is 29.2 Å². The maximum atomic E-state index is 13.0. The number of nitrogens with one attached hydrogen (secondary N) is 2. The summed E-state index contributed by atoms with van der Waals surface area (Å²) in [6.45, 7) is 1.86. The van der Waals surface area contributed by atoms with Gasteiger partial charge in [-0.15, -0.1) is 0 Å². The first kappa shape index (κ1) is 19.2. The van der Waals surface area contributed by atoms with Crippen LogP contribution in [-0.4, -0.2) is 46.5 Å². The van der Waals surface area contributed by atoms with Crippen molar-refractivity contribution in [3.8, 4) is 11.3 Å². The molecule has 2 amide bonds. The van der Waals surface area contributed by atoms with Crippen LogP contribution in [0.5, 0.6) is 0 Å². The third kappa shape index (κ3) is 3.16. The number of nitrogens with zero attached hydrogens (tertiary/aromatic N) is 1. The van der Waals surface area contributed by atoms with Crippen molar-refractivity contribution in [1.29, 1.82) is 0 Å².